The summed E-state index contributed by atoms with van der Waals surface area (Å²) in [7, 11) is 1.58. The number of hydrogen-bond donors (Lipinski definition) is 2. The molecule has 150 valence electrons. The number of carbonyl (C=O) groups is 1. The number of nitrogens with one attached hydrogen (secondary N) is 1. The Morgan fingerprint density at radius 2 is 2.03 bits per heavy atom. The maximum Gasteiger partial charge on any atom is 0.257 e. The maximum atomic E-state index is 13.3. The fourth-order valence-electron chi connectivity index (χ4n) is 3.74. The summed E-state index contributed by atoms with van der Waals surface area (Å²) >= 11 is 0. The third-order valence-corrected chi connectivity index (χ3v) is 5.37. The van der Waals surface area contributed by atoms with E-state index >= 15 is 0 Å². The van der Waals surface area contributed by atoms with Gasteiger partial charge in [0.15, 0.2) is 0 Å². The first-order valence-corrected chi connectivity index (χ1v) is 9.56. The van der Waals surface area contributed by atoms with E-state index in [1.54, 1.807) is 26.4 Å². The van der Waals surface area contributed by atoms with Crippen LogP contribution in [0.1, 0.15) is 40.6 Å². The number of hydrogen-bond acceptors (Lipinski definition) is 6. The summed E-state index contributed by atoms with van der Waals surface area (Å²) in [5.74, 6) is 0.922. The quantitative estimate of drug-likeness (QED) is 0.667. The first-order chi connectivity index (χ1) is 14.1. The number of nitrogens with zero attached hydrogens (tertiary/aromatic N) is 2. The molecule has 0 bridgehead atoms. The zero-order valence-corrected chi connectivity index (χ0v) is 16.3. The van der Waals surface area contributed by atoms with Gasteiger partial charge in [0.2, 0.25) is 0 Å². The molecule has 0 saturated heterocycles. The Morgan fingerprint density at radius 3 is 2.72 bits per heavy atom. The van der Waals surface area contributed by atoms with Crippen LogP contribution in [-0.4, -0.2) is 34.4 Å². The Hall–Kier alpha value is -3.19. The van der Waals surface area contributed by atoms with Crippen molar-refractivity contribution in [3.8, 4) is 17.0 Å². The van der Waals surface area contributed by atoms with Crippen molar-refractivity contribution in [2.45, 2.75) is 31.9 Å². The molecule has 1 atom stereocenters. The van der Waals surface area contributed by atoms with E-state index in [4.69, 9.17) is 9.26 Å². The van der Waals surface area contributed by atoms with Crippen molar-refractivity contribution >= 4 is 5.91 Å². The average Bonchev–Trinajstić information content (AvgIpc) is 3.12. The number of pyridine rings is 1. The van der Waals surface area contributed by atoms with Crippen LogP contribution in [0.2, 0.25) is 0 Å². The SMILES string of the molecule is COc1cncc([C@@H](NC(=O)c2c(-c3ccccc3)noc2C)C2CC(O)C2)c1. The van der Waals surface area contributed by atoms with Crippen molar-refractivity contribution in [1.29, 1.82) is 0 Å². The van der Waals surface area contributed by atoms with Gasteiger partial charge < -0.3 is 19.7 Å². The molecule has 0 unspecified atom stereocenters. The lowest BCUT2D eigenvalue weighted by atomic mass is 9.75. The summed E-state index contributed by atoms with van der Waals surface area (Å²) < 4.78 is 10.6. The number of ether oxygens (including phenoxy) is 1. The molecular formula is C22H23N3O4. The number of carbonyl (C=O) groups excluding carboxylic acids is 1. The Bertz CT molecular complexity index is 996. The van der Waals surface area contributed by atoms with Gasteiger partial charge >= 0.3 is 0 Å². The Labute approximate surface area is 168 Å². The number of aryl methyl sites for hydroxylation is 1. The highest BCUT2D eigenvalue weighted by molar-refractivity contribution is 6.01. The topological polar surface area (TPSA) is 97.5 Å². The summed E-state index contributed by atoms with van der Waals surface area (Å²) in [4.78, 5) is 17.5. The third kappa shape index (κ3) is 3.86. The number of aliphatic hydroxyl groups excluding tert-OH is 1. The zero-order chi connectivity index (χ0) is 20.4. The molecule has 0 spiro atoms. The first-order valence-electron chi connectivity index (χ1n) is 9.56. The van der Waals surface area contributed by atoms with Gasteiger partial charge in [-0.15, -0.1) is 0 Å². The van der Waals surface area contributed by atoms with E-state index in [0.717, 1.165) is 11.1 Å². The van der Waals surface area contributed by atoms with Gasteiger partial charge in [-0.1, -0.05) is 35.5 Å². The Kier molecular flexibility index (Phi) is 5.31. The van der Waals surface area contributed by atoms with Gasteiger partial charge in [-0.25, -0.2) is 0 Å². The lowest BCUT2D eigenvalue weighted by Gasteiger charge is -2.38. The van der Waals surface area contributed by atoms with Gasteiger partial charge in [0.05, 0.1) is 25.5 Å². The number of benzene rings is 1. The lowest BCUT2D eigenvalue weighted by molar-refractivity contribution is 0.0234. The minimum atomic E-state index is -0.338. The van der Waals surface area contributed by atoms with E-state index < -0.39 is 0 Å². The molecule has 29 heavy (non-hydrogen) atoms. The largest absolute Gasteiger partial charge is 0.495 e. The molecule has 7 nitrogen and oxygen atoms in total. The highest BCUT2D eigenvalue weighted by Crippen LogP contribution is 2.39. The van der Waals surface area contributed by atoms with E-state index in [-0.39, 0.29) is 24.0 Å². The molecule has 2 aromatic heterocycles. The predicted octanol–water partition coefficient (Wildman–Crippen LogP) is 3.30. The second kappa shape index (κ2) is 8.05. The van der Waals surface area contributed by atoms with E-state index in [0.29, 0.717) is 35.6 Å². The molecule has 2 heterocycles. The second-order valence-electron chi connectivity index (χ2n) is 7.32. The molecule has 1 amide bonds. The Balaban J connectivity index is 1.65. The minimum Gasteiger partial charge on any atom is -0.495 e. The monoisotopic (exact) mass is 393 g/mol. The summed E-state index contributed by atoms with van der Waals surface area (Å²) in [6, 6.07) is 11.0. The lowest BCUT2D eigenvalue weighted by Crippen LogP contribution is -2.41. The van der Waals surface area contributed by atoms with Crippen molar-refractivity contribution < 1.29 is 19.2 Å². The van der Waals surface area contributed by atoms with E-state index in [1.165, 1.54) is 0 Å². The van der Waals surface area contributed by atoms with Crippen molar-refractivity contribution in [3.05, 3.63) is 65.7 Å². The summed E-state index contributed by atoms with van der Waals surface area (Å²) in [5, 5.41) is 17.0. The maximum absolute atomic E-state index is 13.3. The zero-order valence-electron chi connectivity index (χ0n) is 16.3. The third-order valence-electron chi connectivity index (χ3n) is 5.37. The molecule has 1 aromatic carbocycles. The van der Waals surface area contributed by atoms with Crippen molar-refractivity contribution in [3.63, 3.8) is 0 Å². The molecule has 0 aliphatic heterocycles. The summed E-state index contributed by atoms with van der Waals surface area (Å²) in [6.45, 7) is 1.73. The molecule has 1 aliphatic carbocycles. The van der Waals surface area contributed by atoms with Gasteiger partial charge in [-0.2, -0.15) is 0 Å². The highest BCUT2D eigenvalue weighted by Gasteiger charge is 2.37. The fraction of sp³-hybridized carbons (Fsp3) is 0.318. The Morgan fingerprint density at radius 1 is 1.28 bits per heavy atom. The molecule has 1 fully saturated rings. The van der Waals surface area contributed by atoms with Crippen LogP contribution in [-0.2, 0) is 0 Å². The van der Waals surface area contributed by atoms with Gasteiger partial charge in [0, 0.05) is 11.8 Å². The van der Waals surface area contributed by atoms with Crippen LogP contribution >= 0.6 is 0 Å². The molecule has 4 rings (SSSR count). The van der Waals surface area contributed by atoms with E-state index in [1.807, 2.05) is 36.4 Å². The van der Waals surface area contributed by atoms with Crippen LogP contribution in [0, 0.1) is 12.8 Å². The van der Waals surface area contributed by atoms with Crippen molar-refractivity contribution in [1.82, 2.24) is 15.5 Å². The van der Waals surface area contributed by atoms with Crippen LogP contribution in [0.25, 0.3) is 11.3 Å². The number of aromatic nitrogens is 2. The number of rotatable bonds is 6. The van der Waals surface area contributed by atoms with Gasteiger partial charge in [-0.05, 0) is 37.3 Å². The normalized spacial score (nSPS) is 19.3. The van der Waals surface area contributed by atoms with Gasteiger partial charge in [0.25, 0.3) is 5.91 Å². The summed E-state index contributed by atoms with van der Waals surface area (Å²) in [5.41, 5.74) is 2.58. The molecule has 1 saturated carbocycles. The molecule has 3 aromatic rings. The van der Waals surface area contributed by atoms with Gasteiger partial charge in [-0.3, -0.25) is 9.78 Å². The molecule has 0 radical (unpaired) electrons. The highest BCUT2D eigenvalue weighted by atomic mass is 16.5. The average molecular weight is 393 g/mol. The predicted molar refractivity (Wildman–Crippen MR) is 106 cm³/mol. The van der Waals surface area contributed by atoms with Crippen LogP contribution in [0.3, 0.4) is 0 Å². The standard InChI is InChI=1S/C22H23N3O4/c1-13-19(21(25-29-13)14-6-4-3-5-7-14)22(27)24-20(15-8-17(26)9-15)16-10-18(28-2)12-23-11-16/h3-7,10-12,15,17,20,26H,8-9H2,1-2H3,(H,24,27)/t15?,17?,20-/m0/s1. The van der Waals surface area contributed by atoms with Crippen LogP contribution in [0.15, 0.2) is 53.3 Å². The molecule has 2 N–H and O–H groups in total. The fourth-order valence-corrected chi connectivity index (χ4v) is 3.74. The molecule has 1 aliphatic rings. The number of amides is 1. The smallest absolute Gasteiger partial charge is 0.257 e. The van der Waals surface area contributed by atoms with Crippen LogP contribution in [0.4, 0.5) is 0 Å². The second-order valence-corrected chi connectivity index (χ2v) is 7.32. The van der Waals surface area contributed by atoms with Crippen LogP contribution in [0.5, 0.6) is 5.75 Å². The summed E-state index contributed by atoms with van der Waals surface area (Å²) in [6.07, 6.45) is 4.24. The number of methoxy groups -OCH3 is 1. The molecular weight excluding hydrogens is 370 g/mol. The van der Waals surface area contributed by atoms with Crippen molar-refractivity contribution in [2.75, 3.05) is 7.11 Å². The van der Waals surface area contributed by atoms with Crippen molar-refractivity contribution in [2.24, 2.45) is 5.92 Å². The minimum absolute atomic E-state index is 0.114. The molecule has 7 heteroatoms. The number of aliphatic hydroxyl groups is 1. The van der Waals surface area contributed by atoms with Crippen LogP contribution < -0.4 is 10.1 Å². The first kappa shape index (κ1) is 19.1. The van der Waals surface area contributed by atoms with Gasteiger partial charge in [0.1, 0.15) is 22.8 Å². The van der Waals surface area contributed by atoms with E-state index in [9.17, 15) is 9.90 Å². The van der Waals surface area contributed by atoms with E-state index in [2.05, 4.69) is 15.5 Å².